The minimum atomic E-state index is -3.83. The van der Waals surface area contributed by atoms with Crippen molar-refractivity contribution in [3.63, 3.8) is 0 Å². The maximum atomic E-state index is 13.8. The van der Waals surface area contributed by atoms with Gasteiger partial charge in [-0.05, 0) is 60.4 Å². The van der Waals surface area contributed by atoms with E-state index in [9.17, 15) is 22.4 Å². The summed E-state index contributed by atoms with van der Waals surface area (Å²) < 4.78 is 40.2. The molecule has 1 atom stereocenters. The van der Waals surface area contributed by atoms with Gasteiger partial charge >= 0.3 is 0 Å². The van der Waals surface area contributed by atoms with Crippen LogP contribution in [0.3, 0.4) is 0 Å². The van der Waals surface area contributed by atoms with Crippen LogP contribution in [0.5, 0.6) is 0 Å². The van der Waals surface area contributed by atoms with Crippen LogP contribution in [0.1, 0.15) is 22.3 Å². The first-order valence-corrected chi connectivity index (χ1v) is 13.7. The summed E-state index contributed by atoms with van der Waals surface area (Å²) in [6.07, 6.45) is 1.26. The molecule has 0 bridgehead atoms. The van der Waals surface area contributed by atoms with Gasteiger partial charge in [0.15, 0.2) is 0 Å². The van der Waals surface area contributed by atoms with Crippen LogP contribution in [-0.4, -0.2) is 51.0 Å². The third-order valence-electron chi connectivity index (χ3n) is 5.96. The molecule has 9 heteroatoms. The fourth-order valence-corrected chi connectivity index (χ4v) is 5.05. The minimum Gasteiger partial charge on any atom is -0.357 e. The van der Waals surface area contributed by atoms with Gasteiger partial charge in [-0.3, -0.25) is 13.9 Å². The fourth-order valence-electron chi connectivity index (χ4n) is 4.22. The summed E-state index contributed by atoms with van der Waals surface area (Å²) in [5.41, 5.74) is 3.52. The SMILES string of the molecule is CNC(=O)[C@@H](Cc1ccccc1)N(Cc1ccc(F)cc1)C(=O)CN(c1cc(C)cc(C)c1)S(C)(=O)=O. The third-order valence-corrected chi connectivity index (χ3v) is 7.10. The van der Waals surface area contributed by atoms with Gasteiger partial charge in [-0.1, -0.05) is 48.5 Å². The molecule has 3 rings (SSSR count). The van der Waals surface area contributed by atoms with Crippen molar-refractivity contribution in [3.05, 3.63) is 101 Å². The Morgan fingerprint density at radius 2 is 1.51 bits per heavy atom. The number of sulfonamides is 1. The van der Waals surface area contributed by atoms with Crippen LogP contribution in [0, 0.1) is 19.7 Å². The molecule has 0 saturated carbocycles. The number of hydrogen-bond donors (Lipinski definition) is 1. The Hall–Kier alpha value is -3.72. The van der Waals surface area contributed by atoms with Gasteiger partial charge in [-0.2, -0.15) is 0 Å². The number of carbonyl (C=O) groups is 2. The van der Waals surface area contributed by atoms with Crippen LogP contribution in [-0.2, 0) is 32.6 Å². The molecule has 2 amide bonds. The molecule has 37 heavy (non-hydrogen) atoms. The lowest BCUT2D eigenvalue weighted by molar-refractivity contribution is -0.139. The Labute approximate surface area is 218 Å². The predicted octanol–water partition coefficient (Wildman–Crippen LogP) is 3.59. The number of benzene rings is 3. The second-order valence-corrected chi connectivity index (χ2v) is 11.0. The van der Waals surface area contributed by atoms with E-state index >= 15 is 0 Å². The van der Waals surface area contributed by atoms with E-state index in [1.807, 2.05) is 50.2 Å². The lowest BCUT2D eigenvalue weighted by Crippen LogP contribution is -2.52. The number of anilines is 1. The van der Waals surface area contributed by atoms with Crippen LogP contribution in [0.15, 0.2) is 72.8 Å². The van der Waals surface area contributed by atoms with Crippen LogP contribution in [0.25, 0.3) is 0 Å². The van der Waals surface area contributed by atoms with Crippen molar-refractivity contribution in [2.75, 3.05) is 24.2 Å². The zero-order valence-corrected chi connectivity index (χ0v) is 22.3. The van der Waals surface area contributed by atoms with Gasteiger partial charge in [0.1, 0.15) is 18.4 Å². The quantitative estimate of drug-likeness (QED) is 0.438. The van der Waals surface area contributed by atoms with E-state index in [4.69, 9.17) is 0 Å². The Kier molecular flexibility index (Phi) is 9.04. The Balaban J connectivity index is 2.03. The highest BCUT2D eigenvalue weighted by molar-refractivity contribution is 7.92. The highest BCUT2D eigenvalue weighted by Gasteiger charge is 2.32. The first-order valence-electron chi connectivity index (χ1n) is 11.8. The second-order valence-electron chi connectivity index (χ2n) is 9.08. The third kappa shape index (κ3) is 7.63. The maximum Gasteiger partial charge on any atom is 0.244 e. The molecule has 1 N–H and O–H groups in total. The number of carbonyl (C=O) groups excluding carboxylic acids is 2. The number of hydrogen-bond acceptors (Lipinski definition) is 4. The highest BCUT2D eigenvalue weighted by Crippen LogP contribution is 2.23. The number of nitrogens with one attached hydrogen (secondary N) is 1. The standard InChI is InChI=1S/C28H32FN3O4S/c1-20-14-21(2)16-25(15-20)32(37(4,35)36)19-27(33)31(18-23-10-12-24(29)13-11-23)26(28(34)30-3)17-22-8-6-5-7-9-22/h5-16,26H,17-19H2,1-4H3,(H,30,34)/t26-/m1/s1. The molecule has 0 aliphatic heterocycles. The van der Waals surface area contributed by atoms with E-state index in [2.05, 4.69) is 5.32 Å². The number of amides is 2. The van der Waals surface area contributed by atoms with Crippen LogP contribution in [0.2, 0.25) is 0 Å². The number of nitrogens with zero attached hydrogens (tertiary/aromatic N) is 2. The Bertz CT molecular complexity index is 1330. The largest absolute Gasteiger partial charge is 0.357 e. The zero-order chi connectivity index (χ0) is 27.2. The van der Waals surface area contributed by atoms with Crippen molar-refractivity contribution >= 4 is 27.5 Å². The lowest BCUT2D eigenvalue weighted by atomic mass is 10.0. The highest BCUT2D eigenvalue weighted by atomic mass is 32.2. The van der Waals surface area contributed by atoms with Crippen molar-refractivity contribution in [1.82, 2.24) is 10.2 Å². The molecule has 0 saturated heterocycles. The van der Waals surface area contributed by atoms with Gasteiger partial charge in [0, 0.05) is 20.0 Å². The summed E-state index contributed by atoms with van der Waals surface area (Å²) >= 11 is 0. The van der Waals surface area contributed by atoms with Crippen molar-refractivity contribution in [3.8, 4) is 0 Å². The van der Waals surface area contributed by atoms with E-state index in [1.54, 1.807) is 12.1 Å². The lowest BCUT2D eigenvalue weighted by Gasteiger charge is -2.33. The van der Waals surface area contributed by atoms with Crippen LogP contribution in [0.4, 0.5) is 10.1 Å². The molecule has 196 valence electrons. The van der Waals surface area contributed by atoms with Gasteiger partial charge < -0.3 is 10.2 Å². The first kappa shape index (κ1) is 27.9. The summed E-state index contributed by atoms with van der Waals surface area (Å²) in [6, 6.07) is 19.3. The van der Waals surface area contributed by atoms with E-state index in [0.717, 1.165) is 27.3 Å². The van der Waals surface area contributed by atoms with E-state index in [0.29, 0.717) is 11.3 Å². The van der Waals surface area contributed by atoms with Crippen LogP contribution >= 0.6 is 0 Å². The average molecular weight is 526 g/mol. The van der Waals surface area contributed by atoms with Gasteiger partial charge in [0.2, 0.25) is 21.8 Å². The monoisotopic (exact) mass is 525 g/mol. The van der Waals surface area contributed by atoms with Gasteiger partial charge in [0.25, 0.3) is 0 Å². The molecule has 0 radical (unpaired) electrons. The predicted molar refractivity (Wildman–Crippen MR) is 143 cm³/mol. The summed E-state index contributed by atoms with van der Waals surface area (Å²) in [5, 5.41) is 2.62. The molecule has 0 unspecified atom stereocenters. The Morgan fingerprint density at radius 3 is 2.05 bits per heavy atom. The molecule has 0 aromatic heterocycles. The number of aryl methyl sites for hydroxylation is 2. The number of halogens is 1. The second kappa shape index (κ2) is 12.0. The summed E-state index contributed by atoms with van der Waals surface area (Å²) in [6.45, 7) is 3.20. The molecule has 3 aromatic carbocycles. The van der Waals surface area contributed by atoms with Gasteiger partial charge in [-0.25, -0.2) is 12.8 Å². The maximum absolute atomic E-state index is 13.8. The van der Waals surface area contributed by atoms with Gasteiger partial charge in [-0.15, -0.1) is 0 Å². The number of likely N-dealkylation sites (N-methyl/N-ethyl adjacent to an activating group) is 1. The fraction of sp³-hybridized carbons (Fsp3) is 0.286. The molecular formula is C28H32FN3O4S. The normalized spacial score (nSPS) is 12.0. The molecule has 0 aliphatic carbocycles. The summed E-state index contributed by atoms with van der Waals surface area (Å²) in [5.74, 6) is -1.37. The number of rotatable bonds is 10. The van der Waals surface area contributed by atoms with Crippen molar-refractivity contribution < 1.29 is 22.4 Å². The van der Waals surface area contributed by atoms with E-state index < -0.39 is 40.2 Å². The molecule has 0 spiro atoms. The minimum absolute atomic E-state index is 0.00548. The van der Waals surface area contributed by atoms with E-state index in [1.165, 1.54) is 36.2 Å². The molecule has 3 aromatic rings. The smallest absolute Gasteiger partial charge is 0.244 e. The van der Waals surface area contributed by atoms with Crippen LogP contribution < -0.4 is 9.62 Å². The van der Waals surface area contributed by atoms with E-state index in [-0.39, 0.29) is 13.0 Å². The summed E-state index contributed by atoms with van der Waals surface area (Å²) in [4.78, 5) is 28.2. The molecule has 7 nitrogen and oxygen atoms in total. The topological polar surface area (TPSA) is 86.8 Å². The molecular weight excluding hydrogens is 493 g/mol. The molecule has 0 fully saturated rings. The zero-order valence-electron chi connectivity index (χ0n) is 21.4. The molecule has 0 heterocycles. The van der Waals surface area contributed by atoms with Crippen molar-refractivity contribution in [2.45, 2.75) is 32.9 Å². The average Bonchev–Trinajstić information content (AvgIpc) is 2.84. The Morgan fingerprint density at radius 1 is 0.919 bits per heavy atom. The van der Waals surface area contributed by atoms with Gasteiger partial charge in [0.05, 0.1) is 11.9 Å². The van der Waals surface area contributed by atoms with Crippen molar-refractivity contribution in [2.24, 2.45) is 0 Å². The summed E-state index contributed by atoms with van der Waals surface area (Å²) in [7, 11) is -2.35. The first-order chi connectivity index (χ1) is 17.5. The molecule has 0 aliphatic rings. The van der Waals surface area contributed by atoms with Crippen molar-refractivity contribution in [1.29, 1.82) is 0 Å².